The van der Waals surface area contributed by atoms with Crippen molar-refractivity contribution in [2.24, 2.45) is 0 Å². The summed E-state index contributed by atoms with van der Waals surface area (Å²) in [4.78, 5) is 11.9. The third-order valence-electron chi connectivity index (χ3n) is 3.34. The van der Waals surface area contributed by atoms with Gasteiger partial charge in [-0.15, -0.1) is 0 Å². The Balaban J connectivity index is 2.17. The van der Waals surface area contributed by atoms with Gasteiger partial charge in [0.1, 0.15) is 5.58 Å². The van der Waals surface area contributed by atoms with E-state index in [0.29, 0.717) is 11.7 Å². The Morgan fingerprint density at radius 1 is 1.27 bits per heavy atom. The minimum absolute atomic E-state index is 0.0868. The zero-order valence-electron chi connectivity index (χ0n) is 7.99. The third-order valence-corrected chi connectivity index (χ3v) is 3.34. The number of carbonyl (C=O) groups excluding carboxylic acids is 1. The van der Waals surface area contributed by atoms with Gasteiger partial charge in [0, 0.05) is 22.4 Å². The van der Waals surface area contributed by atoms with Crippen LogP contribution in [0.1, 0.15) is 28.5 Å². The Morgan fingerprint density at radius 3 is 2.93 bits per heavy atom. The van der Waals surface area contributed by atoms with Crippen LogP contribution in [-0.2, 0) is 0 Å². The first-order valence-electron chi connectivity index (χ1n) is 5.11. The summed E-state index contributed by atoms with van der Waals surface area (Å²) in [6.45, 7) is 0. The van der Waals surface area contributed by atoms with Gasteiger partial charge in [-0.3, -0.25) is 4.79 Å². The molecule has 0 amide bonds. The second kappa shape index (κ2) is 2.22. The summed E-state index contributed by atoms with van der Waals surface area (Å²) in [5, 5.41) is 1.10. The Hall–Kier alpha value is -1.83. The van der Waals surface area contributed by atoms with E-state index in [9.17, 15) is 4.79 Å². The molecule has 5 rings (SSSR count). The monoisotopic (exact) mass is 196 g/mol. The van der Waals surface area contributed by atoms with Crippen molar-refractivity contribution in [1.29, 1.82) is 0 Å². The van der Waals surface area contributed by atoms with Crippen LogP contribution in [0.15, 0.2) is 40.3 Å². The quantitative estimate of drug-likeness (QED) is 0.648. The molecular formula is C13H8O2. The molecule has 2 aromatic rings. The fourth-order valence-electron chi connectivity index (χ4n) is 2.55. The number of benzene rings is 1. The lowest BCUT2D eigenvalue weighted by Gasteiger charge is -2.29. The maximum Gasteiger partial charge on any atom is 0.224 e. The fourth-order valence-corrected chi connectivity index (χ4v) is 2.55. The van der Waals surface area contributed by atoms with E-state index >= 15 is 0 Å². The van der Waals surface area contributed by atoms with Crippen LogP contribution in [0.25, 0.3) is 11.0 Å². The van der Waals surface area contributed by atoms with Crippen LogP contribution in [0.3, 0.4) is 0 Å². The molecule has 1 aromatic carbocycles. The van der Waals surface area contributed by atoms with E-state index in [4.69, 9.17) is 4.42 Å². The highest BCUT2D eigenvalue weighted by Crippen LogP contribution is 2.47. The second-order valence-electron chi connectivity index (χ2n) is 4.17. The Morgan fingerprint density at radius 2 is 2.07 bits per heavy atom. The lowest BCUT2D eigenvalue weighted by atomic mass is 9.72. The predicted molar refractivity (Wildman–Crippen MR) is 56.0 cm³/mol. The third kappa shape index (κ3) is 0.743. The average Bonchev–Trinajstić information content (AvgIpc) is 2.56. The van der Waals surface area contributed by atoms with E-state index < -0.39 is 0 Å². The summed E-state index contributed by atoms with van der Waals surface area (Å²) in [5.74, 6) is 1.07. The molecule has 1 atom stereocenters. The van der Waals surface area contributed by atoms with Gasteiger partial charge in [0.15, 0.2) is 5.76 Å². The van der Waals surface area contributed by atoms with Crippen molar-refractivity contribution in [3.63, 3.8) is 0 Å². The SMILES string of the molecule is O=C1C2=CC(C2)c2c1oc1ccccc21. The van der Waals surface area contributed by atoms with Gasteiger partial charge in [-0.1, -0.05) is 24.3 Å². The molecule has 0 spiro atoms. The normalized spacial score (nSPS) is 22.3. The minimum Gasteiger partial charge on any atom is -0.452 e. The van der Waals surface area contributed by atoms with Crippen LogP contribution in [0.5, 0.6) is 0 Å². The largest absolute Gasteiger partial charge is 0.452 e. The van der Waals surface area contributed by atoms with Gasteiger partial charge in [0.05, 0.1) is 0 Å². The molecular weight excluding hydrogens is 188 g/mol. The number of fused-ring (bicyclic) bond motifs is 1. The summed E-state index contributed by atoms with van der Waals surface area (Å²) >= 11 is 0. The molecule has 0 fully saturated rings. The van der Waals surface area contributed by atoms with E-state index in [-0.39, 0.29) is 5.78 Å². The zero-order chi connectivity index (χ0) is 9.99. The first-order valence-corrected chi connectivity index (χ1v) is 5.11. The number of hydrogen-bond donors (Lipinski definition) is 0. The van der Waals surface area contributed by atoms with Crippen molar-refractivity contribution in [2.75, 3.05) is 0 Å². The first kappa shape index (κ1) is 7.46. The zero-order valence-corrected chi connectivity index (χ0v) is 7.99. The van der Waals surface area contributed by atoms with E-state index in [2.05, 4.69) is 6.08 Å². The van der Waals surface area contributed by atoms with Crippen molar-refractivity contribution in [3.05, 3.63) is 47.2 Å². The molecule has 72 valence electrons. The number of ketones is 1. The van der Waals surface area contributed by atoms with Crippen LogP contribution < -0.4 is 0 Å². The van der Waals surface area contributed by atoms with Gasteiger partial charge in [0.25, 0.3) is 0 Å². The topological polar surface area (TPSA) is 30.2 Å². The van der Waals surface area contributed by atoms with E-state index in [1.165, 1.54) is 0 Å². The second-order valence-corrected chi connectivity index (χ2v) is 4.17. The summed E-state index contributed by atoms with van der Waals surface area (Å²) in [5.41, 5.74) is 2.86. The van der Waals surface area contributed by atoms with Gasteiger partial charge >= 0.3 is 0 Å². The predicted octanol–water partition coefficient (Wildman–Crippen LogP) is 3.04. The molecule has 1 aromatic heterocycles. The molecule has 0 radical (unpaired) electrons. The van der Waals surface area contributed by atoms with Crippen LogP contribution in [0.2, 0.25) is 0 Å². The van der Waals surface area contributed by atoms with Crippen molar-refractivity contribution in [1.82, 2.24) is 0 Å². The van der Waals surface area contributed by atoms with Crippen LogP contribution >= 0.6 is 0 Å². The van der Waals surface area contributed by atoms with E-state index in [0.717, 1.165) is 28.5 Å². The molecule has 2 nitrogen and oxygen atoms in total. The first-order chi connectivity index (χ1) is 7.34. The summed E-state index contributed by atoms with van der Waals surface area (Å²) in [6.07, 6.45) is 2.96. The highest BCUT2D eigenvalue weighted by Gasteiger charge is 2.39. The summed E-state index contributed by atoms with van der Waals surface area (Å²) in [7, 11) is 0. The van der Waals surface area contributed by atoms with Crippen molar-refractivity contribution in [3.8, 4) is 0 Å². The lowest BCUT2D eigenvalue weighted by Crippen LogP contribution is -2.23. The van der Waals surface area contributed by atoms with Crippen molar-refractivity contribution < 1.29 is 9.21 Å². The number of furan rings is 1. The molecule has 1 unspecified atom stereocenters. The molecule has 2 bridgehead atoms. The van der Waals surface area contributed by atoms with Gasteiger partial charge in [-0.25, -0.2) is 0 Å². The maximum absolute atomic E-state index is 11.9. The highest BCUT2D eigenvalue weighted by molar-refractivity contribution is 6.14. The smallest absolute Gasteiger partial charge is 0.224 e. The van der Waals surface area contributed by atoms with E-state index in [1.54, 1.807) is 0 Å². The average molecular weight is 196 g/mol. The van der Waals surface area contributed by atoms with Crippen LogP contribution in [-0.4, -0.2) is 5.78 Å². The van der Waals surface area contributed by atoms with Crippen molar-refractivity contribution in [2.45, 2.75) is 12.3 Å². The number of rotatable bonds is 0. The van der Waals surface area contributed by atoms with Gasteiger partial charge in [0.2, 0.25) is 5.78 Å². The number of para-hydroxylation sites is 1. The molecule has 0 N–H and O–H groups in total. The number of allylic oxidation sites excluding steroid dienone is 2. The number of Topliss-reactive ketones (excluding diaryl/α,β-unsaturated/α-hetero) is 1. The molecule has 0 saturated carbocycles. The fraction of sp³-hybridized carbons (Fsp3) is 0.154. The van der Waals surface area contributed by atoms with Gasteiger partial charge in [-0.2, -0.15) is 0 Å². The summed E-state index contributed by atoms with van der Waals surface area (Å²) < 4.78 is 5.61. The van der Waals surface area contributed by atoms with E-state index in [1.807, 2.05) is 24.3 Å². The van der Waals surface area contributed by atoms with Gasteiger partial charge in [-0.05, 0) is 12.5 Å². The number of carbonyl (C=O) groups is 1. The van der Waals surface area contributed by atoms with Crippen LogP contribution in [0.4, 0.5) is 0 Å². The molecule has 3 aliphatic rings. The number of hydrogen-bond acceptors (Lipinski definition) is 2. The van der Waals surface area contributed by atoms with Gasteiger partial charge < -0.3 is 4.42 Å². The molecule has 1 heterocycles. The Labute approximate surface area is 86.2 Å². The van der Waals surface area contributed by atoms with Crippen LogP contribution in [0, 0.1) is 0 Å². The highest BCUT2D eigenvalue weighted by atomic mass is 16.3. The Bertz CT molecular complexity index is 631. The summed E-state index contributed by atoms with van der Waals surface area (Å²) in [6, 6.07) is 7.87. The van der Waals surface area contributed by atoms with Crippen molar-refractivity contribution >= 4 is 16.8 Å². The standard InChI is InChI=1S/C13H8O2/c14-12-8-5-7(6-8)11-9-3-1-2-4-10(9)15-13(11)12/h1-5,7H,6H2. The maximum atomic E-state index is 11.9. The molecule has 0 aliphatic heterocycles. The minimum atomic E-state index is 0.0868. The molecule has 0 saturated heterocycles. The molecule has 15 heavy (non-hydrogen) atoms. The lowest BCUT2D eigenvalue weighted by molar-refractivity contribution is 0.0985. The Kier molecular flexibility index (Phi) is 1.10. The molecule has 3 aliphatic carbocycles. The molecule has 2 heteroatoms.